The van der Waals surface area contributed by atoms with Gasteiger partial charge in [-0.1, -0.05) is 6.92 Å². The Hall–Kier alpha value is -1.62. The number of hydrogen-bond donors (Lipinski definition) is 0. The summed E-state index contributed by atoms with van der Waals surface area (Å²) in [6.07, 6.45) is 2.80. The summed E-state index contributed by atoms with van der Waals surface area (Å²) < 4.78 is 7.61. The van der Waals surface area contributed by atoms with Gasteiger partial charge in [0.05, 0.1) is 6.54 Å². The molecule has 0 aliphatic rings. The number of furan rings is 1. The van der Waals surface area contributed by atoms with Gasteiger partial charge < -0.3 is 8.98 Å². The molecule has 19 heavy (non-hydrogen) atoms. The van der Waals surface area contributed by atoms with Crippen LogP contribution in [0.2, 0.25) is 0 Å². The highest BCUT2D eigenvalue weighted by atomic mass is 16.3. The van der Waals surface area contributed by atoms with Crippen molar-refractivity contribution in [2.75, 3.05) is 13.6 Å². The van der Waals surface area contributed by atoms with E-state index in [9.17, 15) is 0 Å². The first kappa shape index (κ1) is 13.8. The minimum Gasteiger partial charge on any atom is -0.466 e. The van der Waals surface area contributed by atoms with E-state index in [4.69, 9.17) is 4.42 Å². The quantitative estimate of drug-likeness (QED) is 0.801. The Balaban J connectivity index is 1.80. The molecule has 0 saturated heterocycles. The monoisotopic (exact) mass is 262 g/mol. The second kappa shape index (κ2) is 6.02. The number of aryl methyl sites for hydroxylation is 2. The minimum absolute atomic E-state index is 0.440. The van der Waals surface area contributed by atoms with Crippen LogP contribution in [0.3, 0.4) is 0 Å². The minimum atomic E-state index is 0.440. The maximum atomic E-state index is 5.66. The first-order chi connectivity index (χ1) is 9.06. The van der Waals surface area contributed by atoms with Crippen LogP contribution in [0.5, 0.6) is 0 Å². The zero-order chi connectivity index (χ0) is 13.8. The Morgan fingerprint density at radius 2 is 2.21 bits per heavy atom. The van der Waals surface area contributed by atoms with Gasteiger partial charge >= 0.3 is 0 Å². The molecule has 0 unspecified atom stereocenters. The summed E-state index contributed by atoms with van der Waals surface area (Å²) in [5.41, 5.74) is 0. The molecular weight excluding hydrogens is 240 g/mol. The molecule has 2 rings (SSSR count). The Bertz CT molecular complexity index is 517. The lowest BCUT2D eigenvalue weighted by Gasteiger charge is -2.17. The molecular formula is C14H22N4O. The Morgan fingerprint density at radius 1 is 1.42 bits per heavy atom. The van der Waals surface area contributed by atoms with E-state index < -0.39 is 0 Å². The fourth-order valence-electron chi connectivity index (χ4n) is 2.05. The number of hydrogen-bond acceptors (Lipinski definition) is 4. The van der Waals surface area contributed by atoms with E-state index in [0.29, 0.717) is 5.92 Å². The third-order valence-corrected chi connectivity index (χ3v) is 3.41. The molecule has 0 radical (unpaired) electrons. The Morgan fingerprint density at radius 3 is 2.79 bits per heavy atom. The Kier molecular flexibility index (Phi) is 4.37. The number of rotatable bonds is 6. The third kappa shape index (κ3) is 3.67. The van der Waals surface area contributed by atoms with E-state index >= 15 is 0 Å². The molecule has 0 amide bonds. The molecule has 104 valence electrons. The highest BCUT2D eigenvalue weighted by Gasteiger charge is 2.12. The molecule has 5 nitrogen and oxygen atoms in total. The van der Waals surface area contributed by atoms with Crippen LogP contribution in [0, 0.1) is 6.92 Å². The van der Waals surface area contributed by atoms with E-state index in [1.54, 1.807) is 6.33 Å². The molecule has 2 aromatic heterocycles. The van der Waals surface area contributed by atoms with Crippen molar-refractivity contribution >= 4 is 0 Å². The lowest BCUT2D eigenvalue weighted by atomic mass is 10.1. The van der Waals surface area contributed by atoms with Crippen LogP contribution in [-0.4, -0.2) is 33.3 Å². The van der Waals surface area contributed by atoms with E-state index in [2.05, 4.69) is 35.1 Å². The van der Waals surface area contributed by atoms with Crippen LogP contribution in [0.4, 0.5) is 0 Å². The standard InChI is InChI=1S/C14H22N4O/c1-11(13-6-5-12(2)19-13)7-8-17(3)9-14-16-15-10-18(14)4/h5-6,10-11H,7-9H2,1-4H3/t11-/m0/s1. The molecule has 0 N–H and O–H groups in total. The van der Waals surface area contributed by atoms with Crippen molar-refractivity contribution in [1.29, 1.82) is 0 Å². The zero-order valence-corrected chi connectivity index (χ0v) is 12.1. The van der Waals surface area contributed by atoms with E-state index in [1.807, 2.05) is 24.6 Å². The van der Waals surface area contributed by atoms with E-state index in [-0.39, 0.29) is 0 Å². The molecule has 0 saturated carbocycles. The highest BCUT2D eigenvalue weighted by Crippen LogP contribution is 2.21. The van der Waals surface area contributed by atoms with Crippen molar-refractivity contribution in [3.05, 3.63) is 35.8 Å². The smallest absolute Gasteiger partial charge is 0.146 e. The lowest BCUT2D eigenvalue weighted by Crippen LogP contribution is -2.22. The zero-order valence-electron chi connectivity index (χ0n) is 12.1. The van der Waals surface area contributed by atoms with Crippen LogP contribution in [-0.2, 0) is 13.6 Å². The number of nitrogens with zero attached hydrogens (tertiary/aromatic N) is 4. The summed E-state index contributed by atoms with van der Waals surface area (Å²) in [6, 6.07) is 4.10. The van der Waals surface area contributed by atoms with E-state index in [0.717, 1.165) is 36.9 Å². The van der Waals surface area contributed by atoms with Gasteiger partial charge in [0.25, 0.3) is 0 Å². The molecule has 2 heterocycles. The van der Waals surface area contributed by atoms with Crippen LogP contribution in [0.25, 0.3) is 0 Å². The van der Waals surface area contributed by atoms with Crippen molar-refractivity contribution in [2.24, 2.45) is 7.05 Å². The summed E-state index contributed by atoms with van der Waals surface area (Å²) in [5.74, 6) is 3.48. The average molecular weight is 262 g/mol. The molecule has 0 aromatic carbocycles. The highest BCUT2D eigenvalue weighted by molar-refractivity contribution is 5.09. The van der Waals surface area contributed by atoms with Gasteiger partial charge in [-0.25, -0.2) is 0 Å². The van der Waals surface area contributed by atoms with Gasteiger partial charge in [-0.15, -0.1) is 10.2 Å². The van der Waals surface area contributed by atoms with Gasteiger partial charge in [-0.2, -0.15) is 0 Å². The maximum Gasteiger partial charge on any atom is 0.146 e. The van der Waals surface area contributed by atoms with Gasteiger partial charge in [-0.3, -0.25) is 4.90 Å². The van der Waals surface area contributed by atoms with Crippen molar-refractivity contribution in [2.45, 2.75) is 32.7 Å². The third-order valence-electron chi connectivity index (χ3n) is 3.41. The largest absolute Gasteiger partial charge is 0.466 e. The average Bonchev–Trinajstić information content (AvgIpc) is 2.96. The molecule has 0 spiro atoms. The summed E-state index contributed by atoms with van der Waals surface area (Å²) in [6.45, 7) is 6.01. The second-order valence-corrected chi connectivity index (χ2v) is 5.23. The van der Waals surface area contributed by atoms with E-state index in [1.165, 1.54) is 0 Å². The maximum absolute atomic E-state index is 5.66. The van der Waals surface area contributed by atoms with Crippen LogP contribution in [0.15, 0.2) is 22.9 Å². The summed E-state index contributed by atoms with van der Waals surface area (Å²) in [7, 11) is 4.08. The fraction of sp³-hybridized carbons (Fsp3) is 0.571. The van der Waals surface area contributed by atoms with Crippen LogP contribution < -0.4 is 0 Å². The van der Waals surface area contributed by atoms with Crippen molar-refractivity contribution in [3.63, 3.8) is 0 Å². The second-order valence-electron chi connectivity index (χ2n) is 5.23. The first-order valence-electron chi connectivity index (χ1n) is 6.64. The van der Waals surface area contributed by atoms with Crippen LogP contribution >= 0.6 is 0 Å². The van der Waals surface area contributed by atoms with Crippen LogP contribution in [0.1, 0.15) is 36.6 Å². The fourth-order valence-corrected chi connectivity index (χ4v) is 2.05. The summed E-state index contributed by atoms with van der Waals surface area (Å²) in [5, 5.41) is 7.99. The SMILES string of the molecule is Cc1ccc([C@@H](C)CCN(C)Cc2nncn2C)o1. The molecule has 0 aliphatic carbocycles. The van der Waals surface area contributed by atoms with Gasteiger partial charge in [0.2, 0.25) is 0 Å². The summed E-state index contributed by atoms with van der Waals surface area (Å²) in [4.78, 5) is 2.26. The van der Waals surface area contributed by atoms with Crippen molar-refractivity contribution in [1.82, 2.24) is 19.7 Å². The van der Waals surface area contributed by atoms with Crippen molar-refractivity contribution in [3.8, 4) is 0 Å². The first-order valence-corrected chi connectivity index (χ1v) is 6.64. The summed E-state index contributed by atoms with van der Waals surface area (Å²) >= 11 is 0. The normalized spacial score (nSPS) is 13.1. The molecule has 0 bridgehead atoms. The molecule has 0 fully saturated rings. The van der Waals surface area contributed by atoms with Gasteiger partial charge in [0.15, 0.2) is 0 Å². The van der Waals surface area contributed by atoms with Crippen molar-refractivity contribution < 1.29 is 4.42 Å². The predicted octanol–water partition coefficient (Wildman–Crippen LogP) is 2.34. The number of aromatic nitrogens is 3. The predicted molar refractivity (Wildman–Crippen MR) is 73.8 cm³/mol. The van der Waals surface area contributed by atoms with Gasteiger partial charge in [-0.05, 0) is 39.1 Å². The Labute approximate surface area is 114 Å². The lowest BCUT2D eigenvalue weighted by molar-refractivity contribution is 0.295. The van der Waals surface area contributed by atoms with Gasteiger partial charge in [0.1, 0.15) is 23.7 Å². The topological polar surface area (TPSA) is 47.1 Å². The molecule has 2 aromatic rings. The molecule has 1 atom stereocenters. The molecule has 0 aliphatic heterocycles. The molecule has 5 heteroatoms. The van der Waals surface area contributed by atoms with Gasteiger partial charge in [0, 0.05) is 13.0 Å².